The summed E-state index contributed by atoms with van der Waals surface area (Å²) in [5.74, 6) is 1.93. The van der Waals surface area contributed by atoms with Gasteiger partial charge in [-0.15, -0.1) is 0 Å². The highest BCUT2D eigenvalue weighted by atomic mass is 16.5. The molecule has 1 heterocycles. The molecule has 0 bridgehead atoms. The van der Waals surface area contributed by atoms with Crippen LogP contribution >= 0.6 is 0 Å². The van der Waals surface area contributed by atoms with Gasteiger partial charge in [0.05, 0.1) is 7.11 Å². The van der Waals surface area contributed by atoms with Crippen molar-refractivity contribution in [3.05, 3.63) is 102 Å². The second-order valence-corrected chi connectivity index (χ2v) is 6.87. The van der Waals surface area contributed by atoms with Gasteiger partial charge >= 0.3 is 0 Å². The Labute approximate surface area is 181 Å². The number of carbonyl (C=O) groups excluding carboxylic acids is 1. The van der Waals surface area contributed by atoms with E-state index < -0.39 is 0 Å². The summed E-state index contributed by atoms with van der Waals surface area (Å²) in [5, 5.41) is 6.19. The molecule has 0 spiro atoms. The van der Waals surface area contributed by atoms with Crippen molar-refractivity contribution in [1.29, 1.82) is 0 Å². The summed E-state index contributed by atoms with van der Waals surface area (Å²) < 4.78 is 5.16. The average Bonchev–Trinajstić information content (AvgIpc) is 2.84. The topological polar surface area (TPSA) is 76.1 Å². The van der Waals surface area contributed by atoms with Crippen LogP contribution in [0.25, 0.3) is 11.4 Å². The maximum absolute atomic E-state index is 12.6. The van der Waals surface area contributed by atoms with E-state index in [0.29, 0.717) is 23.8 Å². The number of methoxy groups -OCH3 is 1. The zero-order chi connectivity index (χ0) is 21.5. The van der Waals surface area contributed by atoms with Gasteiger partial charge in [-0.3, -0.25) is 4.79 Å². The fourth-order valence-corrected chi connectivity index (χ4v) is 3.07. The van der Waals surface area contributed by atoms with Crippen molar-refractivity contribution >= 4 is 17.4 Å². The maximum Gasteiger partial charge on any atom is 0.251 e. The standard InChI is InChI=1S/C25H22N4O2/c1-31-22-12-10-18(11-13-22)17-27-25(30)20-8-5-9-21(16-20)28-23-14-15-26-24(29-23)19-6-3-2-4-7-19/h2-16H,17H2,1H3,(H,27,30)(H,26,28,29). The van der Waals surface area contributed by atoms with Gasteiger partial charge in [0.1, 0.15) is 11.6 Å². The molecule has 0 aliphatic carbocycles. The van der Waals surface area contributed by atoms with Crippen LogP contribution in [0.4, 0.5) is 11.5 Å². The maximum atomic E-state index is 12.6. The van der Waals surface area contributed by atoms with Crippen molar-refractivity contribution in [3.8, 4) is 17.1 Å². The Morgan fingerprint density at radius 1 is 0.935 bits per heavy atom. The summed E-state index contributed by atoms with van der Waals surface area (Å²) in [4.78, 5) is 21.5. The van der Waals surface area contributed by atoms with Crippen LogP contribution in [0.5, 0.6) is 5.75 Å². The van der Waals surface area contributed by atoms with Gasteiger partial charge in [-0.25, -0.2) is 9.97 Å². The van der Waals surface area contributed by atoms with E-state index in [0.717, 1.165) is 22.6 Å². The Morgan fingerprint density at radius 3 is 2.52 bits per heavy atom. The van der Waals surface area contributed by atoms with Gasteiger partial charge in [0.2, 0.25) is 0 Å². The number of nitrogens with one attached hydrogen (secondary N) is 2. The first-order valence-electron chi connectivity index (χ1n) is 9.88. The first-order valence-corrected chi connectivity index (χ1v) is 9.88. The number of ether oxygens (including phenoxy) is 1. The molecule has 0 fully saturated rings. The van der Waals surface area contributed by atoms with Gasteiger partial charge in [-0.05, 0) is 42.0 Å². The molecular formula is C25H22N4O2. The molecule has 0 atom stereocenters. The Bertz CT molecular complexity index is 1160. The number of amides is 1. The predicted octanol–water partition coefficient (Wildman–Crippen LogP) is 4.83. The van der Waals surface area contributed by atoms with Crippen molar-refractivity contribution in [2.75, 3.05) is 12.4 Å². The fourth-order valence-electron chi connectivity index (χ4n) is 3.07. The van der Waals surface area contributed by atoms with Crippen LogP contribution in [0.2, 0.25) is 0 Å². The SMILES string of the molecule is COc1ccc(CNC(=O)c2cccc(Nc3ccnc(-c4ccccc4)n3)c2)cc1. The van der Waals surface area contributed by atoms with Gasteiger partial charge in [-0.2, -0.15) is 0 Å². The molecule has 4 rings (SSSR count). The van der Waals surface area contributed by atoms with E-state index in [1.807, 2.05) is 66.7 Å². The van der Waals surface area contributed by atoms with E-state index in [-0.39, 0.29) is 5.91 Å². The van der Waals surface area contributed by atoms with Crippen molar-refractivity contribution in [3.63, 3.8) is 0 Å². The molecule has 0 aliphatic rings. The molecule has 3 aromatic carbocycles. The molecular weight excluding hydrogens is 388 g/mol. The molecule has 0 aliphatic heterocycles. The number of carbonyl (C=O) groups is 1. The number of rotatable bonds is 7. The van der Waals surface area contributed by atoms with E-state index in [9.17, 15) is 4.79 Å². The molecule has 1 amide bonds. The highest BCUT2D eigenvalue weighted by Crippen LogP contribution is 2.20. The summed E-state index contributed by atoms with van der Waals surface area (Å²) >= 11 is 0. The Kier molecular flexibility index (Phi) is 6.18. The van der Waals surface area contributed by atoms with Crippen molar-refractivity contribution in [2.45, 2.75) is 6.54 Å². The normalized spacial score (nSPS) is 10.4. The third-order valence-corrected chi connectivity index (χ3v) is 4.70. The lowest BCUT2D eigenvalue weighted by molar-refractivity contribution is 0.0951. The second kappa shape index (κ2) is 9.54. The van der Waals surface area contributed by atoms with Crippen LogP contribution in [-0.4, -0.2) is 23.0 Å². The number of benzene rings is 3. The van der Waals surface area contributed by atoms with Gasteiger partial charge in [-0.1, -0.05) is 48.5 Å². The Hall–Kier alpha value is -4.19. The molecule has 4 aromatic rings. The van der Waals surface area contributed by atoms with Crippen LogP contribution in [-0.2, 0) is 6.54 Å². The van der Waals surface area contributed by atoms with Gasteiger partial charge in [0.15, 0.2) is 5.82 Å². The van der Waals surface area contributed by atoms with Gasteiger partial charge in [0, 0.05) is 29.6 Å². The molecule has 6 heteroatoms. The van der Waals surface area contributed by atoms with E-state index in [1.165, 1.54) is 0 Å². The minimum atomic E-state index is -0.146. The molecule has 31 heavy (non-hydrogen) atoms. The lowest BCUT2D eigenvalue weighted by Crippen LogP contribution is -2.22. The largest absolute Gasteiger partial charge is 0.497 e. The van der Waals surface area contributed by atoms with Crippen LogP contribution in [0.1, 0.15) is 15.9 Å². The van der Waals surface area contributed by atoms with Crippen LogP contribution in [0.3, 0.4) is 0 Å². The zero-order valence-corrected chi connectivity index (χ0v) is 17.1. The third kappa shape index (κ3) is 5.25. The van der Waals surface area contributed by atoms with E-state index >= 15 is 0 Å². The molecule has 0 radical (unpaired) electrons. The Balaban J connectivity index is 1.42. The predicted molar refractivity (Wildman–Crippen MR) is 121 cm³/mol. The highest BCUT2D eigenvalue weighted by molar-refractivity contribution is 5.95. The summed E-state index contributed by atoms with van der Waals surface area (Å²) in [6, 6.07) is 26.5. The number of hydrogen-bond acceptors (Lipinski definition) is 5. The first kappa shape index (κ1) is 20.1. The molecule has 1 aromatic heterocycles. The minimum Gasteiger partial charge on any atom is -0.497 e. The second-order valence-electron chi connectivity index (χ2n) is 6.87. The van der Waals surface area contributed by atoms with E-state index in [4.69, 9.17) is 4.74 Å². The smallest absolute Gasteiger partial charge is 0.251 e. The van der Waals surface area contributed by atoms with Crippen LogP contribution in [0, 0.1) is 0 Å². The lowest BCUT2D eigenvalue weighted by Gasteiger charge is -2.10. The molecule has 0 unspecified atom stereocenters. The van der Waals surface area contributed by atoms with Gasteiger partial charge in [0.25, 0.3) is 5.91 Å². The lowest BCUT2D eigenvalue weighted by atomic mass is 10.1. The quantitative estimate of drug-likeness (QED) is 0.457. The third-order valence-electron chi connectivity index (χ3n) is 4.70. The summed E-state index contributed by atoms with van der Waals surface area (Å²) in [6.45, 7) is 0.437. The molecule has 2 N–H and O–H groups in total. The van der Waals surface area contributed by atoms with E-state index in [2.05, 4.69) is 20.6 Å². The summed E-state index contributed by atoms with van der Waals surface area (Å²) in [7, 11) is 1.63. The summed E-state index contributed by atoms with van der Waals surface area (Å²) in [5.41, 5.74) is 3.28. The number of nitrogens with zero attached hydrogens (tertiary/aromatic N) is 2. The van der Waals surface area contributed by atoms with Crippen molar-refractivity contribution in [1.82, 2.24) is 15.3 Å². The van der Waals surface area contributed by atoms with E-state index in [1.54, 1.807) is 31.5 Å². The Morgan fingerprint density at radius 2 is 1.74 bits per heavy atom. The number of hydrogen-bond donors (Lipinski definition) is 2. The first-order chi connectivity index (χ1) is 15.2. The van der Waals surface area contributed by atoms with Crippen LogP contribution in [0.15, 0.2) is 91.1 Å². The number of anilines is 2. The highest BCUT2D eigenvalue weighted by Gasteiger charge is 2.08. The molecule has 0 saturated carbocycles. The fraction of sp³-hybridized carbons (Fsp3) is 0.0800. The summed E-state index contributed by atoms with van der Waals surface area (Å²) in [6.07, 6.45) is 1.71. The van der Waals surface area contributed by atoms with Crippen molar-refractivity contribution < 1.29 is 9.53 Å². The number of aromatic nitrogens is 2. The van der Waals surface area contributed by atoms with Crippen LogP contribution < -0.4 is 15.4 Å². The van der Waals surface area contributed by atoms with Crippen molar-refractivity contribution in [2.24, 2.45) is 0 Å². The zero-order valence-electron chi connectivity index (χ0n) is 17.1. The van der Waals surface area contributed by atoms with Gasteiger partial charge < -0.3 is 15.4 Å². The molecule has 0 saturated heterocycles. The molecule has 154 valence electrons. The average molecular weight is 410 g/mol. The minimum absolute atomic E-state index is 0.146. The molecule has 6 nitrogen and oxygen atoms in total. The monoisotopic (exact) mass is 410 g/mol.